The number of fused-ring (bicyclic) bond motifs is 1. The average Bonchev–Trinajstić information content (AvgIpc) is 2.32. The highest BCUT2D eigenvalue weighted by Crippen LogP contribution is 2.37. The van der Waals surface area contributed by atoms with Gasteiger partial charge >= 0.3 is 0 Å². The number of benzene rings is 1. The van der Waals surface area contributed by atoms with Crippen LogP contribution in [-0.4, -0.2) is 0 Å². The summed E-state index contributed by atoms with van der Waals surface area (Å²) in [5.74, 6) is 0.763. The first-order chi connectivity index (χ1) is 7.88. The number of hydrogen-bond donors (Lipinski definition) is 0. The predicted octanol–water partition coefficient (Wildman–Crippen LogP) is 4.11. The first-order valence-corrected chi connectivity index (χ1v) is 6.14. The first kappa shape index (κ1) is 9.66. The maximum atomic E-state index is 8.83. The molecular weight excluding hydrogens is 194 g/mol. The van der Waals surface area contributed by atoms with Gasteiger partial charge in [0.15, 0.2) is 0 Å². The Balaban J connectivity index is 1.85. The van der Waals surface area contributed by atoms with Crippen LogP contribution in [0.1, 0.15) is 54.7 Å². The van der Waals surface area contributed by atoms with Crippen molar-refractivity contribution in [2.24, 2.45) is 0 Å². The molecule has 0 heterocycles. The molecule has 1 aromatic rings. The maximum absolute atomic E-state index is 8.83. The maximum Gasteiger partial charge on any atom is 0.0998 e. The molecule has 16 heavy (non-hydrogen) atoms. The Morgan fingerprint density at radius 2 is 1.94 bits per heavy atom. The van der Waals surface area contributed by atoms with Crippen LogP contribution in [0.2, 0.25) is 0 Å². The summed E-state index contributed by atoms with van der Waals surface area (Å²) < 4.78 is 0. The second-order valence-electron chi connectivity index (χ2n) is 4.85. The Morgan fingerprint density at radius 1 is 1.12 bits per heavy atom. The lowest BCUT2D eigenvalue weighted by Crippen LogP contribution is -2.06. The highest BCUT2D eigenvalue weighted by Gasteiger charge is 2.20. The molecule has 1 fully saturated rings. The average molecular weight is 209 g/mol. The van der Waals surface area contributed by atoms with Gasteiger partial charge in [-0.1, -0.05) is 37.5 Å². The van der Waals surface area contributed by atoms with Gasteiger partial charge in [-0.05, 0) is 41.5 Å². The van der Waals surface area contributed by atoms with E-state index in [1.54, 1.807) is 0 Å². The molecule has 0 atom stereocenters. The molecule has 3 rings (SSSR count). The summed E-state index contributed by atoms with van der Waals surface area (Å²) in [5, 5.41) is 8.83. The fraction of sp³-hybridized carbons (Fsp3) is 0.400. The third-order valence-electron chi connectivity index (χ3n) is 3.86. The Morgan fingerprint density at radius 3 is 2.62 bits per heavy atom. The molecule has 0 bridgehead atoms. The topological polar surface area (TPSA) is 23.8 Å². The van der Waals surface area contributed by atoms with E-state index in [1.807, 2.05) is 6.08 Å². The number of nitrogens with zero attached hydrogens (tertiary/aromatic N) is 1. The van der Waals surface area contributed by atoms with Crippen molar-refractivity contribution < 1.29 is 0 Å². The zero-order chi connectivity index (χ0) is 11.0. The van der Waals surface area contributed by atoms with Gasteiger partial charge in [0.05, 0.1) is 11.6 Å². The van der Waals surface area contributed by atoms with E-state index in [2.05, 4.69) is 24.3 Å². The molecule has 0 unspecified atom stereocenters. The van der Waals surface area contributed by atoms with Crippen molar-refractivity contribution in [3.63, 3.8) is 0 Å². The summed E-state index contributed by atoms with van der Waals surface area (Å²) in [5.41, 5.74) is 4.72. The van der Waals surface area contributed by atoms with E-state index >= 15 is 0 Å². The van der Waals surface area contributed by atoms with E-state index in [0.29, 0.717) is 0 Å². The minimum absolute atomic E-state index is 0.763. The minimum atomic E-state index is 0.763. The van der Waals surface area contributed by atoms with Gasteiger partial charge in [-0.25, -0.2) is 0 Å². The fourth-order valence-electron chi connectivity index (χ4n) is 2.88. The number of nitriles is 1. The van der Waals surface area contributed by atoms with E-state index in [1.165, 1.54) is 43.2 Å². The van der Waals surface area contributed by atoms with Crippen LogP contribution in [0.4, 0.5) is 0 Å². The molecule has 2 aliphatic rings. The Labute approximate surface area is 96.4 Å². The Kier molecular flexibility index (Phi) is 2.29. The number of hydrogen-bond acceptors (Lipinski definition) is 1. The van der Waals surface area contributed by atoms with E-state index in [9.17, 15) is 0 Å². The summed E-state index contributed by atoms with van der Waals surface area (Å²) >= 11 is 0. The third kappa shape index (κ3) is 1.46. The van der Waals surface area contributed by atoms with Gasteiger partial charge in [0, 0.05) is 0 Å². The smallest absolute Gasteiger partial charge is 0.0998 e. The van der Waals surface area contributed by atoms with E-state index in [0.717, 1.165) is 17.1 Å². The van der Waals surface area contributed by atoms with Crippen molar-refractivity contribution in [1.29, 1.82) is 5.26 Å². The summed E-state index contributed by atoms with van der Waals surface area (Å²) in [6.45, 7) is 0. The van der Waals surface area contributed by atoms with Crippen molar-refractivity contribution in [3.05, 3.63) is 34.9 Å². The monoisotopic (exact) mass is 209 g/mol. The van der Waals surface area contributed by atoms with Gasteiger partial charge in [-0.15, -0.1) is 0 Å². The van der Waals surface area contributed by atoms with Crippen molar-refractivity contribution in [3.8, 4) is 6.07 Å². The van der Waals surface area contributed by atoms with Crippen LogP contribution in [0.25, 0.3) is 11.6 Å². The quantitative estimate of drug-likeness (QED) is 0.682. The molecule has 0 aliphatic heterocycles. The van der Waals surface area contributed by atoms with Gasteiger partial charge in [0.1, 0.15) is 0 Å². The van der Waals surface area contributed by atoms with Crippen molar-refractivity contribution in [1.82, 2.24) is 0 Å². The largest absolute Gasteiger partial charge is 0.192 e. The molecule has 1 nitrogen and oxygen atoms in total. The number of rotatable bonds is 1. The van der Waals surface area contributed by atoms with Gasteiger partial charge < -0.3 is 0 Å². The van der Waals surface area contributed by atoms with Crippen LogP contribution in [-0.2, 0) is 0 Å². The summed E-state index contributed by atoms with van der Waals surface area (Å²) in [6.07, 6.45) is 8.84. The van der Waals surface area contributed by atoms with E-state index < -0.39 is 0 Å². The molecule has 1 saturated carbocycles. The van der Waals surface area contributed by atoms with Crippen LogP contribution >= 0.6 is 0 Å². The van der Waals surface area contributed by atoms with E-state index in [-0.39, 0.29) is 0 Å². The summed E-state index contributed by atoms with van der Waals surface area (Å²) in [7, 11) is 0. The Hall–Kier alpha value is -1.55. The van der Waals surface area contributed by atoms with Crippen molar-refractivity contribution in [2.45, 2.75) is 38.0 Å². The molecule has 0 saturated heterocycles. The third-order valence-corrected chi connectivity index (χ3v) is 3.86. The molecule has 0 N–H and O–H groups in total. The molecule has 0 aromatic heterocycles. The molecule has 0 radical (unpaired) electrons. The van der Waals surface area contributed by atoms with Crippen LogP contribution < -0.4 is 0 Å². The standard InChI is InChI=1S/C15H15N/c16-10-14-9-13-8-12(6-7-15(13)14)11-4-2-1-3-5-11/h6-9,11H,1-5H2. The van der Waals surface area contributed by atoms with Crippen LogP contribution in [0, 0.1) is 11.3 Å². The highest BCUT2D eigenvalue weighted by atomic mass is 14.3. The van der Waals surface area contributed by atoms with Crippen molar-refractivity contribution >= 4 is 11.6 Å². The highest BCUT2D eigenvalue weighted by molar-refractivity contribution is 6.01. The molecule has 1 aromatic carbocycles. The number of allylic oxidation sites excluding steroid dienone is 1. The predicted molar refractivity (Wildman–Crippen MR) is 65.8 cm³/mol. The fourth-order valence-corrected chi connectivity index (χ4v) is 2.88. The van der Waals surface area contributed by atoms with Gasteiger partial charge in [-0.3, -0.25) is 0 Å². The zero-order valence-corrected chi connectivity index (χ0v) is 9.37. The van der Waals surface area contributed by atoms with Crippen LogP contribution in [0.3, 0.4) is 0 Å². The van der Waals surface area contributed by atoms with Gasteiger partial charge in [0.2, 0.25) is 0 Å². The molecule has 0 amide bonds. The van der Waals surface area contributed by atoms with E-state index in [4.69, 9.17) is 5.26 Å². The molecule has 0 spiro atoms. The van der Waals surface area contributed by atoms with Crippen LogP contribution in [0.5, 0.6) is 0 Å². The Bertz CT molecular complexity index is 485. The van der Waals surface area contributed by atoms with Crippen LogP contribution in [0.15, 0.2) is 18.2 Å². The zero-order valence-electron chi connectivity index (χ0n) is 9.37. The second kappa shape index (κ2) is 3.79. The molecule has 80 valence electrons. The molecule has 1 heteroatoms. The lowest BCUT2D eigenvalue weighted by Gasteiger charge is -2.24. The minimum Gasteiger partial charge on any atom is -0.192 e. The normalized spacial score (nSPS) is 19.3. The first-order valence-electron chi connectivity index (χ1n) is 6.14. The lowest BCUT2D eigenvalue weighted by atomic mass is 9.80. The van der Waals surface area contributed by atoms with Gasteiger partial charge in [0.25, 0.3) is 0 Å². The molecular formula is C15H15N. The lowest BCUT2D eigenvalue weighted by molar-refractivity contribution is 0.443. The van der Waals surface area contributed by atoms with Gasteiger partial charge in [-0.2, -0.15) is 5.26 Å². The second-order valence-corrected chi connectivity index (χ2v) is 4.85. The molecule has 2 aliphatic carbocycles. The summed E-state index contributed by atoms with van der Waals surface area (Å²) in [6, 6.07) is 8.85. The SMILES string of the molecule is N#CC1=Cc2cc(C3CCCCC3)ccc21. The van der Waals surface area contributed by atoms with Crippen molar-refractivity contribution in [2.75, 3.05) is 0 Å². The summed E-state index contributed by atoms with van der Waals surface area (Å²) in [4.78, 5) is 0.